The van der Waals surface area contributed by atoms with E-state index in [0.717, 1.165) is 38.5 Å². The third-order valence-corrected chi connectivity index (χ3v) is 9.05. The zero-order chi connectivity index (χ0) is 18.7. The Bertz CT molecular complexity index is 676. The summed E-state index contributed by atoms with van der Waals surface area (Å²) in [4.78, 5) is 12.5. The first-order valence-electron chi connectivity index (χ1n) is 10.6. The lowest BCUT2D eigenvalue weighted by molar-refractivity contribution is -0.128. The van der Waals surface area contributed by atoms with Gasteiger partial charge in [-0.1, -0.05) is 25.5 Å². The van der Waals surface area contributed by atoms with Crippen LogP contribution in [0.15, 0.2) is 11.6 Å². The molecule has 0 saturated heterocycles. The van der Waals surface area contributed by atoms with Gasteiger partial charge in [-0.3, -0.25) is 4.79 Å². The van der Waals surface area contributed by atoms with Crippen LogP contribution in [0.4, 0.5) is 0 Å². The highest BCUT2D eigenvalue weighted by atomic mass is 16.3. The van der Waals surface area contributed by atoms with Gasteiger partial charge in [0, 0.05) is 12.3 Å². The maximum Gasteiger partial charge on any atom is 0.133 e. The molecule has 3 nitrogen and oxygen atoms in total. The highest BCUT2D eigenvalue weighted by Crippen LogP contribution is 2.67. The van der Waals surface area contributed by atoms with Gasteiger partial charge in [-0.15, -0.1) is 0 Å². The first kappa shape index (κ1) is 18.2. The van der Waals surface area contributed by atoms with Gasteiger partial charge in [0.1, 0.15) is 5.78 Å². The summed E-state index contributed by atoms with van der Waals surface area (Å²) in [5, 5.41) is 19.4. The van der Waals surface area contributed by atoms with Crippen molar-refractivity contribution in [1.82, 2.24) is 0 Å². The van der Waals surface area contributed by atoms with E-state index in [0.29, 0.717) is 30.0 Å². The number of aliphatic hydroxyl groups is 1. The molecule has 3 fully saturated rings. The molecule has 142 valence electrons. The van der Waals surface area contributed by atoms with Crippen LogP contribution in [-0.2, 0) is 4.79 Å². The third kappa shape index (κ3) is 2.44. The van der Waals surface area contributed by atoms with Crippen LogP contribution < -0.4 is 0 Å². The van der Waals surface area contributed by atoms with Crippen LogP contribution in [0.25, 0.3) is 0 Å². The van der Waals surface area contributed by atoms with Crippen molar-refractivity contribution in [2.75, 3.05) is 0 Å². The predicted octanol–water partition coefficient (Wildman–Crippen LogP) is 4.66. The molecule has 0 aromatic rings. The maximum atomic E-state index is 12.5. The molecule has 0 bridgehead atoms. The molecule has 0 aromatic heterocycles. The van der Waals surface area contributed by atoms with E-state index in [1.54, 1.807) is 6.92 Å². The van der Waals surface area contributed by atoms with Crippen LogP contribution in [0.5, 0.6) is 0 Å². The van der Waals surface area contributed by atoms with Crippen molar-refractivity contribution < 1.29 is 9.90 Å². The molecule has 4 aliphatic carbocycles. The van der Waals surface area contributed by atoms with Crippen molar-refractivity contribution in [2.45, 2.75) is 78.2 Å². The Morgan fingerprint density at radius 2 is 2.08 bits per heavy atom. The molecule has 0 aliphatic heterocycles. The summed E-state index contributed by atoms with van der Waals surface area (Å²) < 4.78 is 0. The molecule has 0 heterocycles. The summed E-state index contributed by atoms with van der Waals surface area (Å²) in [7, 11) is 0. The highest BCUT2D eigenvalue weighted by molar-refractivity contribution is 5.80. The zero-order valence-electron chi connectivity index (χ0n) is 16.5. The number of hydrogen-bond acceptors (Lipinski definition) is 3. The van der Waals surface area contributed by atoms with Crippen molar-refractivity contribution >= 4 is 5.78 Å². The number of nitriles is 1. The summed E-state index contributed by atoms with van der Waals surface area (Å²) in [6.45, 7) is 6.54. The summed E-state index contributed by atoms with van der Waals surface area (Å²) >= 11 is 0. The smallest absolute Gasteiger partial charge is 0.133 e. The average Bonchev–Trinajstić information content (AvgIpc) is 2.88. The average molecular weight is 356 g/mol. The minimum atomic E-state index is -0.159. The van der Waals surface area contributed by atoms with E-state index in [2.05, 4.69) is 26.0 Å². The molecule has 0 amide bonds. The van der Waals surface area contributed by atoms with Crippen molar-refractivity contribution in [1.29, 1.82) is 5.26 Å². The number of hydrogen-bond donors (Lipinski definition) is 1. The minimum Gasteiger partial charge on any atom is -0.393 e. The molecule has 0 radical (unpaired) electrons. The molecular formula is C23H33NO2. The Labute approximate surface area is 157 Å². The van der Waals surface area contributed by atoms with E-state index in [1.807, 2.05) is 0 Å². The lowest BCUT2D eigenvalue weighted by Gasteiger charge is -2.57. The molecule has 1 N–H and O–H groups in total. The van der Waals surface area contributed by atoms with Crippen molar-refractivity contribution in [3.8, 4) is 6.07 Å². The van der Waals surface area contributed by atoms with Gasteiger partial charge in [-0.05, 0) is 86.4 Å². The van der Waals surface area contributed by atoms with E-state index >= 15 is 0 Å². The first-order chi connectivity index (χ1) is 12.3. The molecule has 3 heteroatoms. The lowest BCUT2D eigenvalue weighted by Crippen LogP contribution is -2.51. The van der Waals surface area contributed by atoms with E-state index in [9.17, 15) is 15.2 Å². The summed E-state index contributed by atoms with van der Waals surface area (Å²) in [5.41, 5.74) is 1.81. The fourth-order valence-corrected chi connectivity index (χ4v) is 7.94. The Morgan fingerprint density at radius 1 is 1.31 bits per heavy atom. The normalized spacial score (nSPS) is 50.0. The van der Waals surface area contributed by atoms with Gasteiger partial charge in [0.25, 0.3) is 0 Å². The van der Waals surface area contributed by atoms with E-state index in [-0.39, 0.29) is 28.8 Å². The van der Waals surface area contributed by atoms with Crippen LogP contribution in [0, 0.1) is 51.8 Å². The topological polar surface area (TPSA) is 61.1 Å². The van der Waals surface area contributed by atoms with Crippen LogP contribution in [0.1, 0.15) is 72.1 Å². The molecule has 4 rings (SSSR count). The zero-order valence-corrected chi connectivity index (χ0v) is 16.5. The largest absolute Gasteiger partial charge is 0.393 e. The van der Waals surface area contributed by atoms with Crippen LogP contribution >= 0.6 is 0 Å². The Hall–Kier alpha value is -1.14. The third-order valence-electron chi connectivity index (χ3n) is 9.05. The SMILES string of the molecule is CC(=O)[C@H]1C(CC#N)C[C@H]2[C@@H]3CC=C4CC(O)CC[C@]4(C)[C@H]3CC[C@]12C. The second kappa shape index (κ2) is 6.20. The summed E-state index contributed by atoms with van der Waals surface area (Å²) in [5.74, 6) is 2.50. The Morgan fingerprint density at radius 3 is 2.77 bits per heavy atom. The summed E-state index contributed by atoms with van der Waals surface area (Å²) in [6, 6.07) is 2.36. The Balaban J connectivity index is 1.68. The lowest BCUT2D eigenvalue weighted by atomic mass is 9.47. The molecule has 4 aliphatic rings. The standard InChI is InChI=1S/C23H33NO2/c1-14(25)21-15(8-11-24)12-20-18-5-4-16-13-17(26)6-9-22(16,2)19(18)7-10-23(20,21)3/h4,15,17-21,26H,5-10,12-13H2,1-3H3/t15?,17?,18-,19+,20+,21+,22+,23+/m1/s1. The molecule has 26 heavy (non-hydrogen) atoms. The number of carbonyl (C=O) groups is 1. The second-order valence-corrected chi connectivity index (χ2v) is 10.1. The molecule has 8 atom stereocenters. The molecule has 0 aromatic carbocycles. The van der Waals surface area contributed by atoms with Crippen molar-refractivity contribution in [2.24, 2.45) is 40.4 Å². The van der Waals surface area contributed by atoms with E-state index in [4.69, 9.17) is 0 Å². The fraction of sp³-hybridized carbons (Fsp3) is 0.826. The number of carbonyl (C=O) groups excluding carboxylic acids is 1. The number of aliphatic hydroxyl groups excluding tert-OH is 1. The highest BCUT2D eigenvalue weighted by Gasteiger charge is 2.61. The van der Waals surface area contributed by atoms with Gasteiger partial charge in [0.05, 0.1) is 12.2 Å². The van der Waals surface area contributed by atoms with Gasteiger partial charge >= 0.3 is 0 Å². The predicted molar refractivity (Wildman–Crippen MR) is 101 cm³/mol. The second-order valence-electron chi connectivity index (χ2n) is 10.1. The van der Waals surface area contributed by atoms with Gasteiger partial charge in [-0.25, -0.2) is 0 Å². The Kier molecular flexibility index (Phi) is 4.35. The number of rotatable bonds is 2. The number of Topliss-reactive ketones (excluding diaryl/α,β-unsaturated/α-hetero) is 1. The van der Waals surface area contributed by atoms with Crippen molar-refractivity contribution in [3.05, 3.63) is 11.6 Å². The van der Waals surface area contributed by atoms with Crippen molar-refractivity contribution in [3.63, 3.8) is 0 Å². The maximum absolute atomic E-state index is 12.5. The van der Waals surface area contributed by atoms with Crippen LogP contribution in [0.2, 0.25) is 0 Å². The molecular weight excluding hydrogens is 322 g/mol. The number of allylic oxidation sites excluding steroid dienone is 1. The minimum absolute atomic E-state index is 0.0689. The monoisotopic (exact) mass is 355 g/mol. The number of nitrogens with zero attached hydrogens (tertiary/aromatic N) is 1. The van der Waals surface area contributed by atoms with E-state index in [1.165, 1.54) is 12.0 Å². The van der Waals surface area contributed by atoms with Gasteiger partial charge in [-0.2, -0.15) is 5.26 Å². The van der Waals surface area contributed by atoms with Gasteiger partial charge in [0.15, 0.2) is 0 Å². The number of ketones is 1. The fourth-order valence-electron chi connectivity index (χ4n) is 7.94. The number of fused-ring (bicyclic) bond motifs is 5. The van der Waals surface area contributed by atoms with Crippen LogP contribution in [-0.4, -0.2) is 17.0 Å². The molecule has 2 unspecified atom stereocenters. The first-order valence-corrected chi connectivity index (χ1v) is 10.6. The quantitative estimate of drug-likeness (QED) is 0.733. The molecule has 0 spiro atoms. The van der Waals surface area contributed by atoms with Gasteiger partial charge < -0.3 is 5.11 Å². The summed E-state index contributed by atoms with van der Waals surface area (Å²) in [6.07, 6.45) is 10.2. The van der Waals surface area contributed by atoms with E-state index < -0.39 is 0 Å². The molecule has 3 saturated carbocycles. The van der Waals surface area contributed by atoms with Crippen LogP contribution in [0.3, 0.4) is 0 Å². The van der Waals surface area contributed by atoms with Gasteiger partial charge in [0.2, 0.25) is 0 Å².